The lowest BCUT2D eigenvalue weighted by Gasteiger charge is -2.11. The minimum Gasteiger partial charge on any atom is -0.445 e. The van der Waals surface area contributed by atoms with Crippen LogP contribution in [-0.2, 0) is 4.79 Å². The van der Waals surface area contributed by atoms with Crippen molar-refractivity contribution >= 4 is 11.6 Å². The molecule has 122 valence electrons. The maximum atomic E-state index is 11.8. The van der Waals surface area contributed by atoms with Crippen molar-refractivity contribution in [2.24, 2.45) is 5.92 Å². The SMILES string of the molecule is Cc1ccc(-c2ncco2)cc1-c1ccc(NC(=O)C(C)C)cc1. The lowest BCUT2D eigenvalue weighted by Crippen LogP contribution is -2.17. The summed E-state index contributed by atoms with van der Waals surface area (Å²) in [6.45, 7) is 5.82. The third kappa shape index (κ3) is 3.38. The number of nitrogens with one attached hydrogen (secondary N) is 1. The third-order valence-corrected chi connectivity index (χ3v) is 3.90. The van der Waals surface area contributed by atoms with E-state index in [-0.39, 0.29) is 11.8 Å². The molecule has 0 saturated heterocycles. The van der Waals surface area contributed by atoms with Gasteiger partial charge in [0.25, 0.3) is 0 Å². The van der Waals surface area contributed by atoms with Gasteiger partial charge in [-0.2, -0.15) is 0 Å². The Morgan fingerprint density at radius 2 is 1.79 bits per heavy atom. The van der Waals surface area contributed by atoms with Crippen molar-refractivity contribution in [3.63, 3.8) is 0 Å². The second kappa shape index (κ2) is 6.71. The number of hydrogen-bond acceptors (Lipinski definition) is 3. The van der Waals surface area contributed by atoms with Gasteiger partial charge in [0.2, 0.25) is 11.8 Å². The summed E-state index contributed by atoms with van der Waals surface area (Å²) in [5.74, 6) is 0.589. The molecule has 0 bridgehead atoms. The number of carbonyl (C=O) groups excluding carboxylic acids is 1. The molecule has 1 aromatic heterocycles. The highest BCUT2D eigenvalue weighted by atomic mass is 16.3. The maximum Gasteiger partial charge on any atom is 0.226 e. The lowest BCUT2D eigenvalue weighted by molar-refractivity contribution is -0.118. The molecule has 1 heterocycles. The monoisotopic (exact) mass is 320 g/mol. The van der Waals surface area contributed by atoms with E-state index in [1.807, 2.05) is 44.2 Å². The number of oxazole rings is 1. The van der Waals surface area contributed by atoms with Crippen LogP contribution in [0, 0.1) is 12.8 Å². The molecule has 0 saturated carbocycles. The average molecular weight is 320 g/mol. The summed E-state index contributed by atoms with van der Waals surface area (Å²) in [4.78, 5) is 16.0. The molecule has 0 atom stereocenters. The summed E-state index contributed by atoms with van der Waals surface area (Å²) in [6.07, 6.45) is 3.21. The molecule has 0 spiro atoms. The first-order valence-electron chi connectivity index (χ1n) is 7.96. The van der Waals surface area contributed by atoms with E-state index >= 15 is 0 Å². The number of carbonyl (C=O) groups is 1. The number of rotatable bonds is 4. The van der Waals surface area contributed by atoms with E-state index in [0.717, 1.165) is 22.4 Å². The van der Waals surface area contributed by atoms with Crippen molar-refractivity contribution < 1.29 is 9.21 Å². The van der Waals surface area contributed by atoms with Gasteiger partial charge >= 0.3 is 0 Å². The Labute approximate surface area is 141 Å². The van der Waals surface area contributed by atoms with Crippen LogP contribution in [0.15, 0.2) is 59.3 Å². The highest BCUT2D eigenvalue weighted by Crippen LogP contribution is 2.29. The highest BCUT2D eigenvalue weighted by Gasteiger charge is 2.09. The van der Waals surface area contributed by atoms with E-state index in [0.29, 0.717) is 5.89 Å². The smallest absolute Gasteiger partial charge is 0.226 e. The standard InChI is InChI=1S/C20H20N2O2/c1-13(2)19(23)22-17-8-6-15(7-9-17)18-12-16(5-4-14(18)3)20-21-10-11-24-20/h4-13H,1-3H3,(H,22,23). The van der Waals surface area contributed by atoms with Crippen molar-refractivity contribution in [2.45, 2.75) is 20.8 Å². The number of aromatic nitrogens is 1. The minimum absolute atomic E-state index is 0.0184. The van der Waals surface area contributed by atoms with Crippen molar-refractivity contribution in [1.82, 2.24) is 4.98 Å². The van der Waals surface area contributed by atoms with Crippen molar-refractivity contribution in [3.8, 4) is 22.6 Å². The molecule has 4 heteroatoms. The van der Waals surface area contributed by atoms with Gasteiger partial charge in [-0.15, -0.1) is 0 Å². The maximum absolute atomic E-state index is 11.8. The summed E-state index contributed by atoms with van der Waals surface area (Å²) >= 11 is 0. The fourth-order valence-electron chi connectivity index (χ4n) is 2.45. The predicted molar refractivity (Wildman–Crippen MR) is 95.6 cm³/mol. The fourth-order valence-corrected chi connectivity index (χ4v) is 2.45. The molecule has 1 amide bonds. The normalized spacial score (nSPS) is 10.8. The lowest BCUT2D eigenvalue weighted by atomic mass is 9.98. The summed E-state index contributed by atoms with van der Waals surface area (Å²) < 4.78 is 5.38. The van der Waals surface area contributed by atoms with Gasteiger partial charge in [0.15, 0.2) is 0 Å². The van der Waals surface area contributed by atoms with Crippen LogP contribution in [0.1, 0.15) is 19.4 Å². The van der Waals surface area contributed by atoms with Gasteiger partial charge in [0.05, 0.1) is 6.20 Å². The topological polar surface area (TPSA) is 55.1 Å². The highest BCUT2D eigenvalue weighted by molar-refractivity contribution is 5.92. The molecule has 0 aliphatic heterocycles. The van der Waals surface area contributed by atoms with E-state index in [9.17, 15) is 4.79 Å². The molecule has 0 unspecified atom stereocenters. The van der Waals surface area contributed by atoms with E-state index < -0.39 is 0 Å². The van der Waals surface area contributed by atoms with Crippen LogP contribution >= 0.6 is 0 Å². The third-order valence-electron chi connectivity index (χ3n) is 3.90. The van der Waals surface area contributed by atoms with Crippen molar-refractivity contribution in [1.29, 1.82) is 0 Å². The first-order chi connectivity index (χ1) is 11.5. The summed E-state index contributed by atoms with van der Waals surface area (Å²) in [5.41, 5.74) is 5.12. The van der Waals surface area contributed by atoms with Crippen LogP contribution in [-0.4, -0.2) is 10.9 Å². The van der Waals surface area contributed by atoms with Crippen LogP contribution in [0.5, 0.6) is 0 Å². The van der Waals surface area contributed by atoms with Crippen LogP contribution < -0.4 is 5.32 Å². The molecule has 3 aromatic rings. The first kappa shape index (κ1) is 16.0. The number of hydrogen-bond donors (Lipinski definition) is 1. The average Bonchev–Trinajstić information content (AvgIpc) is 3.10. The molecule has 1 N–H and O–H groups in total. The molecule has 2 aromatic carbocycles. The molecule has 0 radical (unpaired) electrons. The first-order valence-corrected chi connectivity index (χ1v) is 7.96. The van der Waals surface area contributed by atoms with Gasteiger partial charge in [-0.25, -0.2) is 4.98 Å². The molecule has 4 nitrogen and oxygen atoms in total. The zero-order valence-electron chi connectivity index (χ0n) is 14.0. The predicted octanol–water partition coefficient (Wildman–Crippen LogP) is 4.91. The molecule has 24 heavy (non-hydrogen) atoms. The molecule has 0 fully saturated rings. The molecule has 0 aliphatic carbocycles. The van der Waals surface area contributed by atoms with Gasteiger partial charge in [-0.1, -0.05) is 32.0 Å². The summed E-state index contributed by atoms with van der Waals surface area (Å²) in [5, 5.41) is 2.90. The Hall–Kier alpha value is -2.88. The Kier molecular flexibility index (Phi) is 4.47. The van der Waals surface area contributed by atoms with Crippen LogP contribution in [0.4, 0.5) is 5.69 Å². The Morgan fingerprint density at radius 3 is 2.42 bits per heavy atom. The van der Waals surface area contributed by atoms with Crippen LogP contribution in [0.3, 0.4) is 0 Å². The largest absolute Gasteiger partial charge is 0.445 e. The molecular formula is C20H20N2O2. The van der Waals surface area contributed by atoms with Crippen molar-refractivity contribution in [3.05, 3.63) is 60.5 Å². The summed E-state index contributed by atoms with van der Waals surface area (Å²) in [6, 6.07) is 14.0. The molecule has 0 aliphatic rings. The van der Waals surface area contributed by atoms with E-state index in [4.69, 9.17) is 4.42 Å². The van der Waals surface area contributed by atoms with E-state index in [1.165, 1.54) is 5.56 Å². The number of amides is 1. The van der Waals surface area contributed by atoms with Crippen molar-refractivity contribution in [2.75, 3.05) is 5.32 Å². The van der Waals surface area contributed by atoms with Gasteiger partial charge < -0.3 is 9.73 Å². The second-order valence-corrected chi connectivity index (χ2v) is 6.09. The van der Waals surface area contributed by atoms with Gasteiger partial charge in [0, 0.05) is 17.2 Å². The second-order valence-electron chi connectivity index (χ2n) is 6.09. The summed E-state index contributed by atoms with van der Waals surface area (Å²) in [7, 11) is 0. The number of benzene rings is 2. The molecular weight excluding hydrogens is 300 g/mol. The van der Waals surface area contributed by atoms with Gasteiger partial charge in [-0.3, -0.25) is 4.79 Å². The number of aryl methyl sites for hydroxylation is 1. The number of anilines is 1. The van der Waals surface area contributed by atoms with E-state index in [2.05, 4.69) is 29.4 Å². The zero-order chi connectivity index (χ0) is 17.1. The van der Waals surface area contributed by atoms with Gasteiger partial charge in [-0.05, 0) is 47.9 Å². The quantitative estimate of drug-likeness (QED) is 0.743. The molecule has 3 rings (SSSR count). The Morgan fingerprint density at radius 1 is 1.08 bits per heavy atom. The fraction of sp³-hybridized carbons (Fsp3) is 0.200. The number of nitrogens with zero attached hydrogens (tertiary/aromatic N) is 1. The minimum atomic E-state index is -0.0376. The Bertz CT molecular complexity index is 835. The van der Waals surface area contributed by atoms with E-state index in [1.54, 1.807) is 12.5 Å². The zero-order valence-corrected chi connectivity index (χ0v) is 14.0. The van der Waals surface area contributed by atoms with Crippen LogP contribution in [0.25, 0.3) is 22.6 Å². The van der Waals surface area contributed by atoms with Crippen LogP contribution in [0.2, 0.25) is 0 Å². The van der Waals surface area contributed by atoms with Gasteiger partial charge in [0.1, 0.15) is 6.26 Å². The Balaban J connectivity index is 1.89.